The Morgan fingerprint density at radius 2 is 1.67 bits per heavy atom. The van der Waals surface area contributed by atoms with Crippen LogP contribution in [-0.2, 0) is 4.79 Å². The van der Waals surface area contributed by atoms with Gasteiger partial charge in [-0.3, -0.25) is 4.79 Å². The van der Waals surface area contributed by atoms with Gasteiger partial charge in [0.15, 0.2) is 0 Å². The monoisotopic (exact) mass is 293 g/mol. The van der Waals surface area contributed by atoms with Crippen LogP contribution in [0.25, 0.3) is 0 Å². The van der Waals surface area contributed by atoms with E-state index < -0.39 is 0 Å². The van der Waals surface area contributed by atoms with Crippen LogP contribution in [0.4, 0.5) is 0 Å². The van der Waals surface area contributed by atoms with Crippen molar-refractivity contribution >= 4 is 5.91 Å². The lowest BCUT2D eigenvalue weighted by molar-refractivity contribution is -0.127. The minimum Gasteiger partial charge on any atom is -0.355 e. The Labute approximate surface area is 128 Å². The van der Waals surface area contributed by atoms with Crippen molar-refractivity contribution in [2.75, 3.05) is 13.1 Å². The summed E-state index contributed by atoms with van der Waals surface area (Å²) in [5, 5.41) is 6.72. The highest BCUT2D eigenvalue weighted by molar-refractivity contribution is 5.80. The summed E-state index contributed by atoms with van der Waals surface area (Å²) >= 11 is 0. The van der Waals surface area contributed by atoms with Gasteiger partial charge in [0.2, 0.25) is 5.91 Å². The van der Waals surface area contributed by atoms with Crippen molar-refractivity contribution in [1.82, 2.24) is 10.6 Å². The number of amides is 1. The molecule has 1 amide bonds. The molecule has 21 heavy (non-hydrogen) atoms. The molecule has 0 aliphatic heterocycles. The fraction of sp³-hybridized carbons (Fsp3) is 0.941. The Kier molecular flexibility index (Phi) is 5.17. The van der Waals surface area contributed by atoms with Crippen molar-refractivity contribution in [2.24, 2.45) is 23.5 Å². The first-order valence-electron chi connectivity index (χ1n) is 9.02. The van der Waals surface area contributed by atoms with Crippen LogP contribution in [0.5, 0.6) is 0 Å². The summed E-state index contributed by atoms with van der Waals surface area (Å²) in [6.45, 7) is 1.64. The SMILES string of the molecule is NC1C2CCC(C2)C1C(=O)NCCNC1CCCCCC1. The highest BCUT2D eigenvalue weighted by Crippen LogP contribution is 2.47. The molecule has 0 radical (unpaired) electrons. The van der Waals surface area contributed by atoms with E-state index in [0.717, 1.165) is 13.1 Å². The fourth-order valence-electron chi connectivity index (χ4n) is 4.79. The van der Waals surface area contributed by atoms with Gasteiger partial charge in [0.1, 0.15) is 0 Å². The molecule has 0 aromatic rings. The number of nitrogens with one attached hydrogen (secondary N) is 2. The van der Waals surface area contributed by atoms with Crippen LogP contribution in [-0.4, -0.2) is 31.1 Å². The molecule has 4 unspecified atom stereocenters. The van der Waals surface area contributed by atoms with Gasteiger partial charge in [-0.15, -0.1) is 0 Å². The number of nitrogens with two attached hydrogens (primary N) is 1. The van der Waals surface area contributed by atoms with Crippen molar-refractivity contribution < 1.29 is 4.79 Å². The third-order valence-corrected chi connectivity index (χ3v) is 6.00. The van der Waals surface area contributed by atoms with Crippen molar-refractivity contribution in [3.8, 4) is 0 Å². The second-order valence-electron chi connectivity index (χ2n) is 7.37. The summed E-state index contributed by atoms with van der Waals surface area (Å²) in [5.41, 5.74) is 6.23. The Bertz CT molecular complexity index is 350. The topological polar surface area (TPSA) is 67.2 Å². The zero-order valence-corrected chi connectivity index (χ0v) is 13.2. The minimum atomic E-state index is 0.0848. The van der Waals surface area contributed by atoms with Gasteiger partial charge in [0.25, 0.3) is 0 Å². The van der Waals surface area contributed by atoms with E-state index in [1.807, 2.05) is 0 Å². The number of hydrogen-bond donors (Lipinski definition) is 3. The number of hydrogen-bond acceptors (Lipinski definition) is 3. The molecular formula is C17H31N3O. The van der Waals surface area contributed by atoms with E-state index in [4.69, 9.17) is 5.73 Å². The molecule has 0 aromatic carbocycles. The third-order valence-electron chi connectivity index (χ3n) is 6.00. The number of carbonyl (C=O) groups excluding carboxylic acids is 1. The van der Waals surface area contributed by atoms with Gasteiger partial charge in [-0.2, -0.15) is 0 Å². The lowest BCUT2D eigenvalue weighted by atomic mass is 9.84. The highest BCUT2D eigenvalue weighted by atomic mass is 16.1. The molecule has 3 saturated carbocycles. The van der Waals surface area contributed by atoms with E-state index in [0.29, 0.717) is 17.9 Å². The van der Waals surface area contributed by atoms with Crippen LogP contribution >= 0.6 is 0 Å². The second-order valence-corrected chi connectivity index (χ2v) is 7.37. The summed E-state index contributed by atoms with van der Waals surface area (Å²) in [7, 11) is 0. The number of rotatable bonds is 5. The van der Waals surface area contributed by atoms with Crippen molar-refractivity contribution in [3.05, 3.63) is 0 Å². The Morgan fingerprint density at radius 1 is 0.952 bits per heavy atom. The molecule has 0 heterocycles. The Hall–Kier alpha value is -0.610. The average Bonchev–Trinajstić information content (AvgIpc) is 2.96. The van der Waals surface area contributed by atoms with Crippen molar-refractivity contribution in [3.63, 3.8) is 0 Å². The smallest absolute Gasteiger partial charge is 0.225 e. The molecule has 0 spiro atoms. The minimum absolute atomic E-state index is 0.0848. The standard InChI is InChI=1S/C17H31N3O/c18-16-13-8-7-12(11-13)15(16)17(21)20-10-9-19-14-5-3-1-2-4-6-14/h12-16,19H,1-11,18H2,(H,20,21). The highest BCUT2D eigenvalue weighted by Gasteiger charge is 2.48. The molecule has 4 heteroatoms. The Balaban J connectivity index is 1.34. The van der Waals surface area contributed by atoms with E-state index in [1.165, 1.54) is 57.8 Å². The van der Waals surface area contributed by atoms with E-state index in [9.17, 15) is 4.79 Å². The maximum atomic E-state index is 12.3. The molecule has 3 rings (SSSR count). The van der Waals surface area contributed by atoms with E-state index in [2.05, 4.69) is 10.6 Å². The molecule has 0 aromatic heterocycles. The molecule has 4 N–H and O–H groups in total. The van der Waals surface area contributed by atoms with Crippen LogP contribution in [0.15, 0.2) is 0 Å². The first-order valence-corrected chi connectivity index (χ1v) is 9.02. The van der Waals surface area contributed by atoms with Gasteiger partial charge in [0, 0.05) is 25.2 Å². The summed E-state index contributed by atoms with van der Waals surface area (Å²) in [5.74, 6) is 1.45. The maximum Gasteiger partial charge on any atom is 0.225 e. The first kappa shape index (κ1) is 15.3. The predicted molar refractivity (Wildman–Crippen MR) is 84.8 cm³/mol. The van der Waals surface area contributed by atoms with E-state index >= 15 is 0 Å². The van der Waals surface area contributed by atoms with E-state index in [-0.39, 0.29) is 17.9 Å². The van der Waals surface area contributed by atoms with Crippen molar-refractivity contribution in [1.29, 1.82) is 0 Å². The van der Waals surface area contributed by atoms with Gasteiger partial charge in [-0.25, -0.2) is 0 Å². The second kappa shape index (κ2) is 7.10. The van der Waals surface area contributed by atoms with E-state index in [1.54, 1.807) is 0 Å². The fourth-order valence-corrected chi connectivity index (χ4v) is 4.79. The molecule has 120 valence electrons. The number of fused-ring (bicyclic) bond motifs is 2. The predicted octanol–water partition coefficient (Wildman–Crippen LogP) is 1.79. The van der Waals surface area contributed by atoms with Crippen molar-refractivity contribution in [2.45, 2.75) is 69.9 Å². The lowest BCUT2D eigenvalue weighted by Gasteiger charge is -2.27. The van der Waals surface area contributed by atoms with Gasteiger partial charge >= 0.3 is 0 Å². The van der Waals surface area contributed by atoms with Gasteiger partial charge < -0.3 is 16.4 Å². The van der Waals surface area contributed by atoms with Gasteiger partial charge in [-0.05, 0) is 43.9 Å². The van der Waals surface area contributed by atoms with Gasteiger partial charge in [0.05, 0.1) is 5.92 Å². The lowest BCUT2D eigenvalue weighted by Crippen LogP contribution is -2.47. The summed E-state index contributed by atoms with van der Waals surface area (Å²) in [4.78, 5) is 12.3. The third kappa shape index (κ3) is 3.59. The van der Waals surface area contributed by atoms with Gasteiger partial charge in [-0.1, -0.05) is 25.7 Å². The van der Waals surface area contributed by atoms with Crippen LogP contribution in [0.1, 0.15) is 57.8 Å². The molecular weight excluding hydrogens is 262 g/mol. The molecule has 2 bridgehead atoms. The molecule has 4 nitrogen and oxygen atoms in total. The largest absolute Gasteiger partial charge is 0.355 e. The first-order chi connectivity index (χ1) is 10.3. The molecule has 0 saturated heterocycles. The molecule has 3 aliphatic carbocycles. The summed E-state index contributed by atoms with van der Waals surface area (Å²) in [6.07, 6.45) is 11.7. The average molecular weight is 293 g/mol. The summed E-state index contributed by atoms with van der Waals surface area (Å²) in [6, 6.07) is 0.771. The van der Waals surface area contributed by atoms with Crippen LogP contribution in [0, 0.1) is 17.8 Å². The maximum absolute atomic E-state index is 12.3. The molecule has 3 fully saturated rings. The van der Waals surface area contributed by atoms with Crippen LogP contribution < -0.4 is 16.4 Å². The zero-order chi connectivity index (χ0) is 14.7. The zero-order valence-electron chi connectivity index (χ0n) is 13.2. The quantitative estimate of drug-likeness (QED) is 0.535. The van der Waals surface area contributed by atoms with Crippen LogP contribution in [0.2, 0.25) is 0 Å². The van der Waals surface area contributed by atoms with Crippen LogP contribution in [0.3, 0.4) is 0 Å². The normalized spacial score (nSPS) is 36.6. The summed E-state index contributed by atoms with van der Waals surface area (Å²) < 4.78 is 0. The molecule has 3 aliphatic rings. The number of carbonyl (C=O) groups is 1. The molecule has 4 atom stereocenters. The Morgan fingerprint density at radius 3 is 2.33 bits per heavy atom.